The molecule has 0 radical (unpaired) electrons. The van der Waals surface area contributed by atoms with Gasteiger partial charge < -0.3 is 13.8 Å². The first-order valence-electron chi connectivity index (χ1n) is 9.72. The van der Waals surface area contributed by atoms with E-state index < -0.39 is 16.1 Å². The molecule has 0 amide bonds. The molecule has 0 aromatic carbocycles. The number of ether oxygens (including phenoxy) is 1. The number of quaternary nitrogens is 1. The molecule has 0 spiro atoms. The number of hydrogen-bond donors (Lipinski definition) is 0. The standard InChI is InChI=1S/C19H37NO5S/c1-6-9-13-20(14-10-7-2,17(4)12-16-26(22,23)24)15-11-18(5)25-19(21)8-3/h8,17-18H,3,6-7,9-16H2,1-2,4-5H3. The molecule has 0 rings (SSSR count). The van der Waals surface area contributed by atoms with Gasteiger partial charge in [-0.2, -0.15) is 0 Å². The third-order valence-electron chi connectivity index (χ3n) is 5.10. The van der Waals surface area contributed by atoms with Crippen LogP contribution in [0.4, 0.5) is 0 Å². The Kier molecular flexibility index (Phi) is 12.0. The van der Waals surface area contributed by atoms with Gasteiger partial charge in [0.2, 0.25) is 0 Å². The van der Waals surface area contributed by atoms with E-state index in [1.54, 1.807) is 0 Å². The van der Waals surface area contributed by atoms with Crippen molar-refractivity contribution < 1.29 is 27.0 Å². The Morgan fingerprint density at radius 2 is 1.65 bits per heavy atom. The van der Waals surface area contributed by atoms with Crippen molar-refractivity contribution in [3.63, 3.8) is 0 Å². The molecule has 0 aliphatic heterocycles. The minimum atomic E-state index is -4.21. The molecule has 0 aromatic rings. The first-order valence-corrected chi connectivity index (χ1v) is 11.3. The van der Waals surface area contributed by atoms with Crippen LogP contribution in [0.15, 0.2) is 12.7 Å². The van der Waals surface area contributed by atoms with Gasteiger partial charge in [-0.05, 0) is 26.7 Å². The molecule has 0 bridgehead atoms. The van der Waals surface area contributed by atoms with Gasteiger partial charge in [0.1, 0.15) is 6.10 Å². The number of rotatable bonds is 15. The van der Waals surface area contributed by atoms with Crippen LogP contribution < -0.4 is 0 Å². The Morgan fingerprint density at radius 1 is 1.12 bits per heavy atom. The monoisotopic (exact) mass is 391 g/mol. The number of hydrogen-bond acceptors (Lipinski definition) is 5. The molecule has 0 saturated carbocycles. The molecule has 6 nitrogen and oxygen atoms in total. The van der Waals surface area contributed by atoms with Crippen molar-refractivity contribution in [2.75, 3.05) is 25.4 Å². The average Bonchev–Trinajstić information content (AvgIpc) is 2.58. The van der Waals surface area contributed by atoms with E-state index in [0.29, 0.717) is 12.8 Å². The van der Waals surface area contributed by atoms with Crippen molar-refractivity contribution in [2.45, 2.75) is 78.4 Å². The molecule has 0 aliphatic rings. The third-order valence-corrected chi connectivity index (χ3v) is 5.84. The highest BCUT2D eigenvalue weighted by Crippen LogP contribution is 2.23. The van der Waals surface area contributed by atoms with Gasteiger partial charge in [-0.15, -0.1) is 0 Å². The van der Waals surface area contributed by atoms with Crippen LogP contribution in [0.3, 0.4) is 0 Å². The first-order chi connectivity index (χ1) is 12.1. The Hall–Kier alpha value is -0.920. The lowest BCUT2D eigenvalue weighted by Crippen LogP contribution is -2.57. The van der Waals surface area contributed by atoms with Crippen LogP contribution in [0, 0.1) is 0 Å². The molecule has 0 fully saturated rings. The van der Waals surface area contributed by atoms with Gasteiger partial charge in [-0.25, -0.2) is 13.2 Å². The highest BCUT2D eigenvalue weighted by Gasteiger charge is 2.33. The van der Waals surface area contributed by atoms with E-state index in [2.05, 4.69) is 20.4 Å². The maximum Gasteiger partial charge on any atom is 0.330 e. The quantitative estimate of drug-likeness (QED) is 0.185. The molecular formula is C19H37NO5S. The normalized spacial score (nSPS) is 14.7. The summed E-state index contributed by atoms with van der Waals surface area (Å²) in [6.07, 6.45) is 6.18. The summed E-state index contributed by atoms with van der Waals surface area (Å²) in [5, 5.41) is 0. The third kappa shape index (κ3) is 10.3. The Labute approximate surface area is 159 Å². The molecule has 0 aromatic heterocycles. The summed E-state index contributed by atoms with van der Waals surface area (Å²) in [7, 11) is -4.21. The van der Waals surface area contributed by atoms with Gasteiger partial charge in [-0.3, -0.25) is 0 Å². The molecule has 7 heteroatoms. The maximum absolute atomic E-state index is 11.4. The Balaban J connectivity index is 5.23. The van der Waals surface area contributed by atoms with Crippen LogP contribution in [0.2, 0.25) is 0 Å². The number of esters is 1. The second kappa shape index (κ2) is 12.5. The van der Waals surface area contributed by atoms with Crippen LogP contribution in [-0.2, 0) is 19.6 Å². The van der Waals surface area contributed by atoms with Crippen molar-refractivity contribution in [1.29, 1.82) is 0 Å². The molecule has 154 valence electrons. The number of unbranched alkanes of at least 4 members (excludes halogenated alkanes) is 2. The molecule has 0 heterocycles. The van der Waals surface area contributed by atoms with E-state index in [4.69, 9.17) is 4.74 Å². The highest BCUT2D eigenvalue weighted by molar-refractivity contribution is 7.85. The van der Waals surface area contributed by atoms with E-state index in [1.165, 1.54) is 0 Å². The summed E-state index contributed by atoms with van der Waals surface area (Å²) in [5.41, 5.74) is 0. The van der Waals surface area contributed by atoms with Gasteiger partial charge >= 0.3 is 5.97 Å². The fourth-order valence-corrected chi connectivity index (χ4v) is 3.91. The van der Waals surface area contributed by atoms with Gasteiger partial charge in [0.15, 0.2) is 0 Å². The summed E-state index contributed by atoms with van der Waals surface area (Å²) in [6.45, 7) is 14.3. The molecule has 0 N–H and O–H groups in total. The molecule has 26 heavy (non-hydrogen) atoms. The Bertz CT molecular complexity index is 510. The van der Waals surface area contributed by atoms with Crippen molar-refractivity contribution in [1.82, 2.24) is 0 Å². The second-order valence-electron chi connectivity index (χ2n) is 7.24. The van der Waals surface area contributed by atoms with Gasteiger partial charge in [-0.1, -0.05) is 33.3 Å². The van der Waals surface area contributed by atoms with Crippen LogP contribution in [0.1, 0.15) is 66.2 Å². The van der Waals surface area contributed by atoms with Gasteiger partial charge in [0, 0.05) is 24.7 Å². The minimum Gasteiger partial charge on any atom is -0.748 e. The van der Waals surface area contributed by atoms with Crippen LogP contribution in [0.25, 0.3) is 0 Å². The molecule has 0 aliphatic carbocycles. The fourth-order valence-electron chi connectivity index (χ4n) is 3.28. The topological polar surface area (TPSA) is 83.5 Å². The molecule has 2 unspecified atom stereocenters. The summed E-state index contributed by atoms with van der Waals surface area (Å²) in [5.74, 6) is -0.754. The lowest BCUT2D eigenvalue weighted by Gasteiger charge is -2.45. The van der Waals surface area contributed by atoms with E-state index in [1.807, 2.05) is 13.8 Å². The predicted octanol–water partition coefficient (Wildman–Crippen LogP) is 3.24. The molecule has 2 atom stereocenters. The molecular weight excluding hydrogens is 354 g/mol. The summed E-state index contributed by atoms with van der Waals surface area (Å²) in [6, 6.07) is 0.0686. The van der Waals surface area contributed by atoms with E-state index in [9.17, 15) is 17.8 Å². The van der Waals surface area contributed by atoms with Crippen molar-refractivity contribution in [2.24, 2.45) is 0 Å². The first kappa shape index (κ1) is 25.1. The predicted molar refractivity (Wildman–Crippen MR) is 104 cm³/mol. The summed E-state index contributed by atoms with van der Waals surface area (Å²) in [4.78, 5) is 11.4. The number of carbonyl (C=O) groups excluding carboxylic acids is 1. The summed E-state index contributed by atoms with van der Waals surface area (Å²) >= 11 is 0. The smallest absolute Gasteiger partial charge is 0.330 e. The average molecular weight is 392 g/mol. The second-order valence-corrected chi connectivity index (χ2v) is 8.76. The van der Waals surface area contributed by atoms with Crippen LogP contribution >= 0.6 is 0 Å². The number of carbonyl (C=O) groups is 1. The van der Waals surface area contributed by atoms with E-state index >= 15 is 0 Å². The van der Waals surface area contributed by atoms with Gasteiger partial charge in [0.25, 0.3) is 0 Å². The van der Waals surface area contributed by atoms with Crippen LogP contribution in [-0.4, -0.2) is 61.0 Å². The van der Waals surface area contributed by atoms with E-state index in [-0.39, 0.29) is 17.9 Å². The largest absolute Gasteiger partial charge is 0.748 e. The van der Waals surface area contributed by atoms with Crippen LogP contribution in [0.5, 0.6) is 0 Å². The zero-order valence-electron chi connectivity index (χ0n) is 16.9. The lowest BCUT2D eigenvalue weighted by atomic mass is 10.1. The van der Waals surface area contributed by atoms with Crippen molar-refractivity contribution in [3.8, 4) is 0 Å². The molecule has 0 saturated heterocycles. The van der Waals surface area contributed by atoms with E-state index in [0.717, 1.165) is 55.9 Å². The van der Waals surface area contributed by atoms with Gasteiger partial charge in [0.05, 0.1) is 35.8 Å². The maximum atomic E-state index is 11.4. The number of nitrogens with zero attached hydrogens (tertiary/aromatic N) is 1. The summed E-state index contributed by atoms with van der Waals surface area (Å²) < 4.78 is 39.3. The lowest BCUT2D eigenvalue weighted by molar-refractivity contribution is -0.950. The van der Waals surface area contributed by atoms with Crippen molar-refractivity contribution >= 4 is 16.1 Å². The fraction of sp³-hybridized carbons (Fsp3) is 0.842. The zero-order valence-corrected chi connectivity index (χ0v) is 17.7. The van der Waals surface area contributed by atoms with Crippen molar-refractivity contribution in [3.05, 3.63) is 12.7 Å². The highest BCUT2D eigenvalue weighted by atomic mass is 32.2. The minimum absolute atomic E-state index is 0.0686. The SMILES string of the molecule is C=CC(=O)OC(C)CC[N+](CCCC)(CCCC)C(C)CCS(=O)(=O)[O-]. The zero-order chi connectivity index (χ0) is 20.2. The Morgan fingerprint density at radius 3 is 2.08 bits per heavy atom.